The first kappa shape index (κ1) is 13.3. The quantitative estimate of drug-likeness (QED) is 0.888. The van der Waals surface area contributed by atoms with E-state index in [0.29, 0.717) is 19.4 Å². The van der Waals surface area contributed by atoms with Gasteiger partial charge in [-0.05, 0) is 18.6 Å². The molecule has 1 aromatic carbocycles. The molecule has 1 saturated heterocycles. The molecule has 6 heteroatoms. The van der Waals surface area contributed by atoms with Crippen LogP contribution in [0, 0.1) is 23.0 Å². The molecule has 1 N–H and O–H groups in total. The van der Waals surface area contributed by atoms with Gasteiger partial charge in [0.2, 0.25) is 5.91 Å². The van der Waals surface area contributed by atoms with Gasteiger partial charge in [0, 0.05) is 26.1 Å². The number of anilines is 1. The third kappa shape index (κ3) is 2.81. The Morgan fingerprint density at radius 3 is 2.58 bits per heavy atom. The minimum atomic E-state index is -0.795. The van der Waals surface area contributed by atoms with E-state index in [1.807, 2.05) is 0 Å². The lowest BCUT2D eigenvalue weighted by Crippen LogP contribution is -2.43. The summed E-state index contributed by atoms with van der Waals surface area (Å²) in [5.74, 6) is -1.56. The monoisotopic (exact) mass is 265 g/mol. The summed E-state index contributed by atoms with van der Waals surface area (Å²) in [4.78, 5) is 12.9. The van der Waals surface area contributed by atoms with E-state index in [-0.39, 0.29) is 23.2 Å². The highest BCUT2D eigenvalue weighted by Crippen LogP contribution is 2.23. The van der Waals surface area contributed by atoms with Crippen LogP contribution < -0.4 is 5.32 Å². The zero-order valence-corrected chi connectivity index (χ0v) is 10.4. The van der Waals surface area contributed by atoms with Crippen molar-refractivity contribution in [2.45, 2.75) is 18.9 Å². The van der Waals surface area contributed by atoms with E-state index in [1.165, 1.54) is 4.90 Å². The molecule has 0 bridgehead atoms. The van der Waals surface area contributed by atoms with Gasteiger partial charge in [0.15, 0.2) is 11.6 Å². The fourth-order valence-electron chi connectivity index (χ4n) is 2.11. The third-order valence-electron chi connectivity index (χ3n) is 3.15. The SMILES string of the molecule is CN1C[C@H](Nc2c(F)cc(C#N)cc2F)CCC1=O. The zero-order valence-electron chi connectivity index (χ0n) is 10.4. The first-order valence-electron chi connectivity index (χ1n) is 5.91. The second-order valence-corrected chi connectivity index (χ2v) is 4.58. The Kier molecular flexibility index (Phi) is 3.65. The Hall–Kier alpha value is -2.16. The number of carbonyl (C=O) groups excluding carboxylic acids is 1. The van der Waals surface area contributed by atoms with Crippen molar-refractivity contribution < 1.29 is 13.6 Å². The summed E-state index contributed by atoms with van der Waals surface area (Å²) in [6.07, 6.45) is 0.885. The molecule has 2 rings (SSSR count). The maximum atomic E-state index is 13.7. The number of likely N-dealkylation sites (tertiary alicyclic amines) is 1. The summed E-state index contributed by atoms with van der Waals surface area (Å²) in [7, 11) is 1.65. The Balaban J connectivity index is 2.16. The van der Waals surface area contributed by atoms with Crippen molar-refractivity contribution in [1.29, 1.82) is 5.26 Å². The molecule has 19 heavy (non-hydrogen) atoms. The maximum absolute atomic E-state index is 13.7. The average Bonchev–Trinajstić information content (AvgIpc) is 2.37. The molecular formula is C13H13F2N3O. The zero-order chi connectivity index (χ0) is 14.0. The van der Waals surface area contributed by atoms with Crippen LogP contribution in [0.4, 0.5) is 14.5 Å². The highest BCUT2D eigenvalue weighted by Gasteiger charge is 2.24. The van der Waals surface area contributed by atoms with Crippen LogP contribution in [-0.4, -0.2) is 30.4 Å². The summed E-state index contributed by atoms with van der Waals surface area (Å²) in [5, 5.41) is 11.4. The second-order valence-electron chi connectivity index (χ2n) is 4.58. The smallest absolute Gasteiger partial charge is 0.222 e. The van der Waals surface area contributed by atoms with Gasteiger partial charge in [0.05, 0.1) is 11.6 Å². The van der Waals surface area contributed by atoms with Crippen LogP contribution in [0.3, 0.4) is 0 Å². The predicted molar refractivity (Wildman–Crippen MR) is 65.4 cm³/mol. The van der Waals surface area contributed by atoms with Crippen molar-refractivity contribution in [3.63, 3.8) is 0 Å². The van der Waals surface area contributed by atoms with E-state index in [0.717, 1.165) is 12.1 Å². The van der Waals surface area contributed by atoms with Gasteiger partial charge >= 0.3 is 0 Å². The van der Waals surface area contributed by atoms with Gasteiger partial charge in [-0.3, -0.25) is 4.79 Å². The average molecular weight is 265 g/mol. The number of piperidine rings is 1. The molecule has 4 nitrogen and oxygen atoms in total. The fraction of sp³-hybridized carbons (Fsp3) is 0.385. The summed E-state index contributed by atoms with van der Waals surface area (Å²) < 4.78 is 27.4. The van der Waals surface area contributed by atoms with Gasteiger partial charge in [0.25, 0.3) is 0 Å². The maximum Gasteiger partial charge on any atom is 0.222 e. The Bertz CT molecular complexity index is 530. The number of nitriles is 1. The first-order valence-corrected chi connectivity index (χ1v) is 5.91. The number of nitrogens with one attached hydrogen (secondary N) is 1. The van der Waals surface area contributed by atoms with E-state index in [4.69, 9.17) is 5.26 Å². The largest absolute Gasteiger partial charge is 0.376 e. The van der Waals surface area contributed by atoms with Gasteiger partial charge in [-0.15, -0.1) is 0 Å². The van der Waals surface area contributed by atoms with Crippen LogP contribution in [0.2, 0.25) is 0 Å². The number of hydrogen-bond acceptors (Lipinski definition) is 3. The lowest BCUT2D eigenvalue weighted by molar-refractivity contribution is -0.132. The molecule has 1 amide bonds. The van der Waals surface area contributed by atoms with Crippen LogP contribution in [0.1, 0.15) is 18.4 Å². The Labute approximate surface area is 109 Å². The molecule has 1 aliphatic heterocycles. The number of rotatable bonds is 2. The number of amides is 1. The molecule has 100 valence electrons. The third-order valence-corrected chi connectivity index (χ3v) is 3.15. The standard InChI is InChI=1S/C13H13F2N3O/c1-18-7-9(2-3-12(18)19)17-13-10(14)4-8(6-16)5-11(13)15/h4-5,9,17H,2-3,7H2,1H3/t9-/m1/s1. The predicted octanol–water partition coefficient (Wildman–Crippen LogP) is 1.87. The number of hydrogen-bond donors (Lipinski definition) is 1. The van der Waals surface area contributed by atoms with Crippen LogP contribution in [0.5, 0.6) is 0 Å². The summed E-state index contributed by atoms with van der Waals surface area (Å²) in [5.41, 5.74) is -0.303. The molecule has 1 atom stereocenters. The summed E-state index contributed by atoms with van der Waals surface area (Å²) in [6, 6.07) is 3.48. The molecule has 0 aromatic heterocycles. The van der Waals surface area contributed by atoms with Gasteiger partial charge < -0.3 is 10.2 Å². The fourth-order valence-corrected chi connectivity index (χ4v) is 2.11. The van der Waals surface area contributed by atoms with Crippen LogP contribution in [0.25, 0.3) is 0 Å². The molecular weight excluding hydrogens is 252 g/mol. The van der Waals surface area contributed by atoms with Gasteiger partial charge in [-0.25, -0.2) is 8.78 Å². The number of halogens is 2. The summed E-state index contributed by atoms with van der Waals surface area (Å²) in [6.45, 7) is 0.401. The van der Waals surface area contributed by atoms with Gasteiger partial charge in [0.1, 0.15) is 5.69 Å². The van der Waals surface area contributed by atoms with Crippen LogP contribution >= 0.6 is 0 Å². The Morgan fingerprint density at radius 1 is 1.42 bits per heavy atom. The molecule has 1 heterocycles. The van der Waals surface area contributed by atoms with Crippen LogP contribution in [-0.2, 0) is 4.79 Å². The number of likely N-dealkylation sites (N-methyl/N-ethyl adjacent to an activating group) is 1. The van der Waals surface area contributed by atoms with Crippen molar-refractivity contribution in [3.05, 3.63) is 29.3 Å². The normalized spacial score (nSPS) is 19.2. The second kappa shape index (κ2) is 5.22. The topological polar surface area (TPSA) is 56.1 Å². The van der Waals surface area contributed by atoms with Gasteiger partial charge in [-0.2, -0.15) is 5.26 Å². The molecule has 0 radical (unpaired) electrons. The van der Waals surface area contributed by atoms with E-state index in [1.54, 1.807) is 13.1 Å². The molecule has 0 aliphatic carbocycles. The van der Waals surface area contributed by atoms with Crippen molar-refractivity contribution in [3.8, 4) is 6.07 Å². The molecule has 1 aromatic rings. The minimum Gasteiger partial charge on any atom is -0.376 e. The van der Waals surface area contributed by atoms with E-state index < -0.39 is 11.6 Å². The highest BCUT2D eigenvalue weighted by molar-refractivity contribution is 5.77. The number of benzene rings is 1. The summed E-state index contributed by atoms with van der Waals surface area (Å²) >= 11 is 0. The molecule has 0 unspecified atom stereocenters. The van der Waals surface area contributed by atoms with Crippen molar-refractivity contribution >= 4 is 11.6 Å². The molecule has 0 saturated carbocycles. The van der Waals surface area contributed by atoms with Crippen molar-refractivity contribution in [2.24, 2.45) is 0 Å². The van der Waals surface area contributed by atoms with Crippen LogP contribution in [0.15, 0.2) is 12.1 Å². The minimum absolute atomic E-state index is 0.0267. The lowest BCUT2D eigenvalue weighted by Gasteiger charge is -2.31. The van der Waals surface area contributed by atoms with Crippen molar-refractivity contribution in [2.75, 3.05) is 18.9 Å². The molecule has 0 spiro atoms. The molecule has 1 fully saturated rings. The van der Waals surface area contributed by atoms with Crippen molar-refractivity contribution in [1.82, 2.24) is 4.90 Å². The number of carbonyl (C=O) groups is 1. The molecule has 1 aliphatic rings. The Morgan fingerprint density at radius 2 is 2.05 bits per heavy atom. The number of nitrogens with zero attached hydrogens (tertiary/aromatic N) is 2. The van der Waals surface area contributed by atoms with E-state index in [2.05, 4.69) is 5.32 Å². The lowest BCUT2D eigenvalue weighted by atomic mass is 10.0. The van der Waals surface area contributed by atoms with E-state index in [9.17, 15) is 13.6 Å². The van der Waals surface area contributed by atoms with E-state index >= 15 is 0 Å². The van der Waals surface area contributed by atoms with Gasteiger partial charge in [-0.1, -0.05) is 0 Å². The highest BCUT2D eigenvalue weighted by atomic mass is 19.1. The first-order chi connectivity index (χ1) is 9.01.